The van der Waals surface area contributed by atoms with Crippen LogP contribution in [0.25, 0.3) is 0 Å². The van der Waals surface area contributed by atoms with E-state index < -0.39 is 0 Å². The van der Waals surface area contributed by atoms with Crippen molar-refractivity contribution in [3.8, 4) is 0 Å². The third kappa shape index (κ3) is 5.19. The molecule has 0 saturated heterocycles. The van der Waals surface area contributed by atoms with Crippen LogP contribution in [0, 0.1) is 0 Å². The summed E-state index contributed by atoms with van der Waals surface area (Å²) in [6, 6.07) is -0.363. The molecule has 14 heavy (non-hydrogen) atoms. The highest BCUT2D eigenvalue weighted by atomic mass is 16.2. The van der Waals surface area contributed by atoms with Crippen LogP contribution in [-0.4, -0.2) is 42.2 Å². The lowest BCUT2D eigenvalue weighted by atomic mass is 10.2. The molecule has 0 radical (unpaired) electrons. The zero-order chi connectivity index (χ0) is 11.0. The minimum Gasteiger partial charge on any atom is -0.396 e. The average Bonchev–Trinajstić information content (AvgIpc) is 2.21. The first-order chi connectivity index (χ1) is 6.63. The van der Waals surface area contributed by atoms with E-state index in [-0.39, 0.29) is 18.6 Å². The van der Waals surface area contributed by atoms with Gasteiger partial charge in [-0.1, -0.05) is 6.92 Å². The van der Waals surface area contributed by atoms with Gasteiger partial charge in [-0.3, -0.25) is 4.79 Å². The van der Waals surface area contributed by atoms with E-state index in [4.69, 9.17) is 10.8 Å². The number of nitrogens with two attached hydrogens (primary N) is 1. The number of likely N-dealkylation sites (N-methyl/N-ethyl adjacent to an activating group) is 1. The first kappa shape index (κ1) is 13.4. The maximum absolute atomic E-state index is 11.5. The summed E-state index contributed by atoms with van der Waals surface area (Å²) in [5.74, 6) is 0.0106. The van der Waals surface area contributed by atoms with Crippen molar-refractivity contribution in [1.29, 1.82) is 0 Å². The third-order valence-electron chi connectivity index (χ3n) is 2.28. The van der Waals surface area contributed by atoms with E-state index in [1.54, 1.807) is 11.9 Å². The summed E-state index contributed by atoms with van der Waals surface area (Å²) in [4.78, 5) is 13.2. The Morgan fingerprint density at radius 2 is 2.07 bits per heavy atom. The second kappa shape index (κ2) is 7.76. The Bertz CT molecular complexity index is 162. The summed E-state index contributed by atoms with van der Waals surface area (Å²) in [6.07, 6.45) is 3.37. The van der Waals surface area contributed by atoms with E-state index in [0.717, 1.165) is 25.8 Å². The molecule has 0 aromatic heterocycles. The van der Waals surface area contributed by atoms with Crippen LogP contribution in [-0.2, 0) is 4.79 Å². The molecule has 0 spiro atoms. The van der Waals surface area contributed by atoms with E-state index in [1.165, 1.54) is 0 Å². The van der Waals surface area contributed by atoms with Gasteiger partial charge in [0.25, 0.3) is 0 Å². The molecule has 0 saturated carbocycles. The number of carbonyl (C=O) groups is 1. The average molecular weight is 202 g/mol. The fraction of sp³-hybridized carbons (Fsp3) is 0.900. The van der Waals surface area contributed by atoms with Crippen molar-refractivity contribution in [2.24, 2.45) is 5.73 Å². The normalized spacial score (nSPS) is 12.6. The Balaban J connectivity index is 3.62. The van der Waals surface area contributed by atoms with Gasteiger partial charge in [-0.2, -0.15) is 0 Å². The fourth-order valence-corrected chi connectivity index (χ4v) is 1.21. The van der Waals surface area contributed by atoms with Crippen LogP contribution in [0.5, 0.6) is 0 Å². The van der Waals surface area contributed by atoms with Gasteiger partial charge in [0.05, 0.1) is 6.04 Å². The van der Waals surface area contributed by atoms with Gasteiger partial charge >= 0.3 is 0 Å². The summed E-state index contributed by atoms with van der Waals surface area (Å²) in [6.45, 7) is 2.86. The van der Waals surface area contributed by atoms with Crippen molar-refractivity contribution in [3.05, 3.63) is 0 Å². The van der Waals surface area contributed by atoms with Crippen molar-refractivity contribution in [1.82, 2.24) is 4.90 Å². The van der Waals surface area contributed by atoms with Gasteiger partial charge in [0.2, 0.25) is 5.91 Å². The van der Waals surface area contributed by atoms with E-state index in [1.807, 2.05) is 6.92 Å². The minimum atomic E-state index is -0.363. The first-order valence-corrected chi connectivity index (χ1v) is 5.24. The lowest BCUT2D eigenvalue weighted by molar-refractivity contribution is -0.131. The van der Waals surface area contributed by atoms with Crippen molar-refractivity contribution >= 4 is 5.91 Å². The van der Waals surface area contributed by atoms with Crippen LogP contribution in [0.2, 0.25) is 0 Å². The largest absolute Gasteiger partial charge is 0.396 e. The number of aliphatic hydroxyl groups is 1. The predicted molar refractivity (Wildman–Crippen MR) is 56.8 cm³/mol. The second-order valence-corrected chi connectivity index (χ2v) is 3.56. The molecule has 0 heterocycles. The number of carbonyl (C=O) groups excluding carboxylic acids is 1. The highest BCUT2D eigenvalue weighted by molar-refractivity contribution is 5.81. The van der Waals surface area contributed by atoms with E-state index in [0.29, 0.717) is 6.42 Å². The second-order valence-electron chi connectivity index (χ2n) is 3.56. The summed E-state index contributed by atoms with van der Waals surface area (Å²) >= 11 is 0. The standard InChI is InChI=1S/C10H22N2O2/c1-3-9(11)10(14)12(2)7-5-4-6-8-13/h9,13H,3-8,11H2,1-2H3/t9-/m0/s1. The summed E-state index contributed by atoms with van der Waals surface area (Å²) < 4.78 is 0. The fourth-order valence-electron chi connectivity index (χ4n) is 1.21. The smallest absolute Gasteiger partial charge is 0.239 e. The van der Waals surface area contributed by atoms with Gasteiger partial charge in [0.15, 0.2) is 0 Å². The number of aliphatic hydroxyl groups excluding tert-OH is 1. The molecular formula is C10H22N2O2. The van der Waals surface area contributed by atoms with Crippen LogP contribution >= 0.6 is 0 Å². The summed E-state index contributed by atoms with van der Waals surface area (Å²) in [5, 5.41) is 8.57. The van der Waals surface area contributed by atoms with Gasteiger partial charge < -0.3 is 15.7 Å². The van der Waals surface area contributed by atoms with Crippen LogP contribution in [0.1, 0.15) is 32.6 Å². The number of unbranched alkanes of at least 4 members (excludes halogenated alkanes) is 2. The molecule has 0 aliphatic rings. The van der Waals surface area contributed by atoms with Gasteiger partial charge in [0.1, 0.15) is 0 Å². The van der Waals surface area contributed by atoms with E-state index in [2.05, 4.69) is 0 Å². The Kier molecular flexibility index (Phi) is 7.42. The molecule has 0 aliphatic carbocycles. The molecule has 0 rings (SSSR count). The van der Waals surface area contributed by atoms with Crippen LogP contribution in [0.4, 0.5) is 0 Å². The molecule has 1 amide bonds. The maximum Gasteiger partial charge on any atom is 0.239 e. The lowest BCUT2D eigenvalue weighted by Gasteiger charge is -2.20. The highest BCUT2D eigenvalue weighted by Crippen LogP contribution is 1.99. The van der Waals surface area contributed by atoms with Crippen LogP contribution in [0.3, 0.4) is 0 Å². The molecule has 0 aromatic carbocycles. The first-order valence-electron chi connectivity index (χ1n) is 5.24. The van der Waals surface area contributed by atoms with Gasteiger partial charge in [-0.15, -0.1) is 0 Å². The number of hydrogen-bond donors (Lipinski definition) is 2. The molecule has 0 fully saturated rings. The lowest BCUT2D eigenvalue weighted by Crippen LogP contribution is -2.41. The van der Waals surface area contributed by atoms with Crippen molar-refractivity contribution in [2.45, 2.75) is 38.6 Å². The van der Waals surface area contributed by atoms with Gasteiger partial charge in [-0.05, 0) is 25.7 Å². The molecule has 0 bridgehead atoms. The van der Waals surface area contributed by atoms with Gasteiger partial charge in [-0.25, -0.2) is 0 Å². The molecule has 0 aliphatic heterocycles. The topological polar surface area (TPSA) is 66.6 Å². The van der Waals surface area contributed by atoms with Gasteiger partial charge in [0, 0.05) is 20.2 Å². The molecule has 3 N–H and O–H groups in total. The third-order valence-corrected chi connectivity index (χ3v) is 2.28. The predicted octanol–water partition coefficient (Wildman–Crippen LogP) is 0.345. The monoisotopic (exact) mass is 202 g/mol. The Morgan fingerprint density at radius 1 is 1.43 bits per heavy atom. The molecule has 0 unspecified atom stereocenters. The van der Waals surface area contributed by atoms with E-state index >= 15 is 0 Å². The number of hydrogen-bond acceptors (Lipinski definition) is 3. The Hall–Kier alpha value is -0.610. The Labute approximate surface area is 86.1 Å². The number of amides is 1. The molecule has 84 valence electrons. The Morgan fingerprint density at radius 3 is 2.57 bits per heavy atom. The van der Waals surface area contributed by atoms with Crippen LogP contribution < -0.4 is 5.73 Å². The zero-order valence-electron chi connectivity index (χ0n) is 9.20. The quantitative estimate of drug-likeness (QED) is 0.585. The van der Waals surface area contributed by atoms with Crippen molar-refractivity contribution < 1.29 is 9.90 Å². The summed E-state index contributed by atoms with van der Waals surface area (Å²) in [7, 11) is 1.77. The minimum absolute atomic E-state index is 0.0106. The van der Waals surface area contributed by atoms with Crippen molar-refractivity contribution in [2.75, 3.05) is 20.2 Å². The number of rotatable bonds is 7. The highest BCUT2D eigenvalue weighted by Gasteiger charge is 2.14. The number of nitrogens with zero attached hydrogens (tertiary/aromatic N) is 1. The summed E-state index contributed by atoms with van der Waals surface area (Å²) in [5.41, 5.74) is 5.62. The maximum atomic E-state index is 11.5. The molecule has 4 nitrogen and oxygen atoms in total. The van der Waals surface area contributed by atoms with E-state index in [9.17, 15) is 4.79 Å². The van der Waals surface area contributed by atoms with Crippen LogP contribution in [0.15, 0.2) is 0 Å². The van der Waals surface area contributed by atoms with Crippen molar-refractivity contribution in [3.63, 3.8) is 0 Å². The molecule has 1 atom stereocenters. The molecular weight excluding hydrogens is 180 g/mol. The molecule has 4 heteroatoms. The molecule has 0 aromatic rings. The zero-order valence-corrected chi connectivity index (χ0v) is 9.20. The SMILES string of the molecule is CC[C@H](N)C(=O)N(C)CCCCCO.